The SMILES string of the molecule is COCCOCCOCCC1(CCC2CCC2)c2cc(N(c3ccccc3)c3ccccc3)ccc2-c2ccc(N(c3ccccc3)c3ccccc3)cc21. The van der Waals surface area contributed by atoms with Crippen LogP contribution in [0, 0.1) is 5.92 Å². The average molecular weight is 729 g/mol. The number of methoxy groups -OCH3 is 1. The Bertz CT molecular complexity index is 1890. The topological polar surface area (TPSA) is 34.2 Å². The van der Waals surface area contributed by atoms with E-state index in [1.807, 2.05) is 0 Å². The van der Waals surface area contributed by atoms with E-state index in [4.69, 9.17) is 14.2 Å². The van der Waals surface area contributed by atoms with Gasteiger partial charge >= 0.3 is 0 Å². The quantitative estimate of drug-likeness (QED) is 0.0823. The van der Waals surface area contributed by atoms with Gasteiger partial charge in [0.15, 0.2) is 0 Å². The maximum absolute atomic E-state index is 6.42. The molecule has 55 heavy (non-hydrogen) atoms. The molecule has 5 nitrogen and oxygen atoms in total. The lowest BCUT2D eigenvalue weighted by Gasteiger charge is -2.37. The molecule has 0 aliphatic heterocycles. The van der Waals surface area contributed by atoms with Crippen molar-refractivity contribution >= 4 is 34.1 Å². The molecule has 5 heteroatoms. The molecule has 280 valence electrons. The van der Waals surface area contributed by atoms with Crippen LogP contribution in [0.4, 0.5) is 34.1 Å². The molecule has 0 spiro atoms. The zero-order valence-corrected chi connectivity index (χ0v) is 32.0. The number of rotatable bonds is 18. The monoisotopic (exact) mass is 728 g/mol. The lowest BCUT2D eigenvalue weighted by molar-refractivity contribution is 0.0212. The molecule has 0 bridgehead atoms. The maximum Gasteiger partial charge on any atom is 0.0701 e. The van der Waals surface area contributed by atoms with Gasteiger partial charge in [0.05, 0.1) is 26.4 Å². The van der Waals surface area contributed by atoms with Crippen molar-refractivity contribution in [2.45, 2.75) is 43.9 Å². The fourth-order valence-corrected chi connectivity index (χ4v) is 8.56. The number of hydrogen-bond donors (Lipinski definition) is 0. The largest absolute Gasteiger partial charge is 0.382 e. The summed E-state index contributed by atoms with van der Waals surface area (Å²) < 4.78 is 17.4. The van der Waals surface area contributed by atoms with E-state index in [2.05, 4.69) is 168 Å². The van der Waals surface area contributed by atoms with Crippen LogP contribution < -0.4 is 9.80 Å². The molecule has 0 radical (unpaired) electrons. The summed E-state index contributed by atoms with van der Waals surface area (Å²) in [5.41, 5.74) is 12.1. The highest BCUT2D eigenvalue weighted by Crippen LogP contribution is 2.57. The summed E-state index contributed by atoms with van der Waals surface area (Å²) >= 11 is 0. The van der Waals surface area contributed by atoms with E-state index < -0.39 is 0 Å². The minimum absolute atomic E-state index is 0.235. The Morgan fingerprint density at radius 2 is 0.891 bits per heavy atom. The number of fused-ring (bicyclic) bond motifs is 3. The summed E-state index contributed by atoms with van der Waals surface area (Å²) in [6.45, 7) is 2.94. The van der Waals surface area contributed by atoms with Gasteiger partial charge in [0.2, 0.25) is 0 Å². The van der Waals surface area contributed by atoms with Crippen LogP contribution in [0.25, 0.3) is 11.1 Å². The van der Waals surface area contributed by atoms with Gasteiger partial charge in [0.25, 0.3) is 0 Å². The van der Waals surface area contributed by atoms with Gasteiger partial charge in [-0.15, -0.1) is 0 Å². The van der Waals surface area contributed by atoms with Gasteiger partial charge in [-0.25, -0.2) is 0 Å². The van der Waals surface area contributed by atoms with Crippen molar-refractivity contribution in [1.29, 1.82) is 0 Å². The fraction of sp³-hybridized carbons (Fsp3) is 0.280. The molecule has 0 heterocycles. The molecular formula is C50H52N2O3. The van der Waals surface area contributed by atoms with E-state index in [1.165, 1.54) is 59.3 Å². The first-order chi connectivity index (χ1) is 27.2. The molecule has 0 N–H and O–H groups in total. The molecule has 0 atom stereocenters. The van der Waals surface area contributed by atoms with Crippen LogP contribution in [0.15, 0.2) is 158 Å². The normalized spacial score (nSPS) is 14.2. The maximum atomic E-state index is 6.42. The molecule has 8 rings (SSSR count). The minimum Gasteiger partial charge on any atom is -0.382 e. The van der Waals surface area contributed by atoms with Gasteiger partial charge in [0.1, 0.15) is 0 Å². The highest BCUT2D eigenvalue weighted by Gasteiger charge is 2.44. The van der Waals surface area contributed by atoms with Gasteiger partial charge in [-0.2, -0.15) is 0 Å². The number of benzene rings is 6. The lowest BCUT2D eigenvalue weighted by atomic mass is 9.69. The number of anilines is 6. The van der Waals surface area contributed by atoms with Crippen molar-refractivity contribution < 1.29 is 14.2 Å². The van der Waals surface area contributed by atoms with Crippen LogP contribution in [-0.2, 0) is 19.6 Å². The molecule has 2 aliphatic carbocycles. The predicted molar refractivity (Wildman–Crippen MR) is 227 cm³/mol. The smallest absolute Gasteiger partial charge is 0.0701 e. The number of hydrogen-bond acceptors (Lipinski definition) is 5. The van der Waals surface area contributed by atoms with Crippen LogP contribution >= 0.6 is 0 Å². The summed E-state index contributed by atoms with van der Waals surface area (Å²) in [6.07, 6.45) is 7.17. The molecular weight excluding hydrogens is 677 g/mol. The average Bonchev–Trinajstić information content (AvgIpc) is 3.48. The van der Waals surface area contributed by atoms with Crippen LogP contribution in [0.3, 0.4) is 0 Å². The van der Waals surface area contributed by atoms with Crippen molar-refractivity contribution in [3.05, 3.63) is 169 Å². The number of ether oxygens (including phenoxy) is 3. The van der Waals surface area contributed by atoms with E-state index >= 15 is 0 Å². The zero-order valence-electron chi connectivity index (χ0n) is 32.0. The van der Waals surface area contributed by atoms with Gasteiger partial charge in [0, 0.05) is 53.3 Å². The summed E-state index contributed by atoms with van der Waals surface area (Å²) in [4.78, 5) is 4.79. The van der Waals surface area contributed by atoms with Crippen LogP contribution in [0.2, 0.25) is 0 Å². The molecule has 1 fully saturated rings. The third-order valence-electron chi connectivity index (χ3n) is 11.6. The Morgan fingerprint density at radius 3 is 1.29 bits per heavy atom. The first kappa shape index (κ1) is 36.8. The van der Waals surface area contributed by atoms with E-state index in [0.717, 1.165) is 41.5 Å². The molecule has 6 aromatic carbocycles. The second kappa shape index (κ2) is 17.5. The Morgan fingerprint density at radius 1 is 0.473 bits per heavy atom. The Balaban J connectivity index is 1.25. The van der Waals surface area contributed by atoms with E-state index in [0.29, 0.717) is 33.0 Å². The zero-order chi connectivity index (χ0) is 37.3. The second-order valence-electron chi connectivity index (χ2n) is 14.9. The van der Waals surface area contributed by atoms with Crippen molar-refractivity contribution in [2.24, 2.45) is 5.92 Å². The van der Waals surface area contributed by atoms with Crippen LogP contribution in [0.5, 0.6) is 0 Å². The van der Waals surface area contributed by atoms with E-state index in [-0.39, 0.29) is 5.41 Å². The molecule has 0 amide bonds. The third kappa shape index (κ3) is 7.97. The van der Waals surface area contributed by atoms with Gasteiger partial charge < -0.3 is 24.0 Å². The number of para-hydroxylation sites is 4. The molecule has 1 saturated carbocycles. The first-order valence-electron chi connectivity index (χ1n) is 20.0. The highest BCUT2D eigenvalue weighted by atomic mass is 16.5. The van der Waals surface area contributed by atoms with E-state index in [9.17, 15) is 0 Å². The van der Waals surface area contributed by atoms with Gasteiger partial charge in [-0.3, -0.25) is 0 Å². The van der Waals surface area contributed by atoms with Gasteiger partial charge in [-0.05, 0) is 120 Å². The minimum atomic E-state index is -0.235. The Hall–Kier alpha value is -5.20. The third-order valence-corrected chi connectivity index (χ3v) is 11.6. The summed E-state index contributed by atoms with van der Waals surface area (Å²) in [6, 6.07) is 57.4. The van der Waals surface area contributed by atoms with Crippen molar-refractivity contribution in [1.82, 2.24) is 0 Å². The summed E-state index contributed by atoms with van der Waals surface area (Å²) in [5.74, 6) is 0.779. The van der Waals surface area contributed by atoms with Crippen molar-refractivity contribution in [3.63, 3.8) is 0 Å². The summed E-state index contributed by atoms with van der Waals surface area (Å²) in [5, 5.41) is 0. The molecule has 2 aliphatic rings. The Labute approximate surface area is 327 Å². The lowest BCUT2D eigenvalue weighted by Crippen LogP contribution is -2.30. The molecule has 6 aromatic rings. The van der Waals surface area contributed by atoms with Crippen molar-refractivity contribution in [3.8, 4) is 11.1 Å². The molecule has 0 unspecified atom stereocenters. The second-order valence-corrected chi connectivity index (χ2v) is 14.9. The standard InChI is InChI=1S/C50H52N2O3/c1-53-33-34-55-36-35-54-32-31-50(30-29-39-15-14-16-39)48-37-44(51(40-17-6-2-7-18-40)41-19-8-3-9-20-41)25-27-46(48)47-28-26-45(38-49(47)50)52(42-21-10-4-11-22-42)43-23-12-5-13-24-43/h2-13,17-28,37-39H,14-16,29-36H2,1H3. The fourth-order valence-electron chi connectivity index (χ4n) is 8.56. The summed E-state index contributed by atoms with van der Waals surface area (Å²) in [7, 11) is 1.70. The predicted octanol–water partition coefficient (Wildman–Crippen LogP) is 12.5. The van der Waals surface area contributed by atoms with E-state index in [1.54, 1.807) is 7.11 Å². The van der Waals surface area contributed by atoms with Gasteiger partial charge in [-0.1, -0.05) is 104 Å². The first-order valence-corrected chi connectivity index (χ1v) is 20.0. The molecule has 0 saturated heterocycles. The number of nitrogens with zero attached hydrogens (tertiary/aromatic N) is 2. The molecule has 0 aromatic heterocycles. The van der Waals surface area contributed by atoms with Crippen LogP contribution in [0.1, 0.15) is 49.7 Å². The Kier molecular flexibility index (Phi) is 11.7. The van der Waals surface area contributed by atoms with Crippen LogP contribution in [-0.4, -0.2) is 40.1 Å². The van der Waals surface area contributed by atoms with Crippen molar-refractivity contribution in [2.75, 3.05) is 49.9 Å². The highest BCUT2D eigenvalue weighted by molar-refractivity contribution is 5.88.